The molecule has 2 heterocycles. The Morgan fingerprint density at radius 2 is 2.04 bits per heavy atom. The van der Waals surface area contributed by atoms with Crippen molar-refractivity contribution in [2.45, 2.75) is 19.5 Å². The maximum atomic E-state index is 12.1. The zero-order valence-electron chi connectivity index (χ0n) is 15.4. The number of benzene rings is 1. The molecule has 0 aliphatic carbocycles. The van der Waals surface area contributed by atoms with E-state index in [4.69, 9.17) is 4.42 Å². The number of urea groups is 1. The van der Waals surface area contributed by atoms with Crippen molar-refractivity contribution < 1.29 is 9.21 Å². The number of para-hydroxylation sites is 2. The molecule has 1 unspecified atom stereocenters. The fraction of sp³-hybridized carbons (Fsp3) is 0.368. The lowest BCUT2D eigenvalue weighted by Crippen LogP contribution is -2.41. The van der Waals surface area contributed by atoms with Crippen molar-refractivity contribution in [3.05, 3.63) is 54.2 Å². The first kappa shape index (κ1) is 18.0. The summed E-state index contributed by atoms with van der Waals surface area (Å²) in [5.41, 5.74) is 2.06. The molecule has 2 amide bonds. The van der Waals surface area contributed by atoms with Crippen LogP contribution in [0.3, 0.4) is 0 Å². The molecule has 0 spiro atoms. The molecule has 2 N–H and O–H groups in total. The first-order valence-electron chi connectivity index (χ1n) is 8.69. The topological polar surface area (TPSA) is 75.3 Å². The van der Waals surface area contributed by atoms with E-state index < -0.39 is 0 Å². The van der Waals surface area contributed by atoms with Gasteiger partial charge in [0.2, 0.25) is 0 Å². The quantitative estimate of drug-likeness (QED) is 0.683. The van der Waals surface area contributed by atoms with Crippen molar-refractivity contribution in [3.63, 3.8) is 0 Å². The number of nitrogens with zero attached hydrogens (tertiary/aromatic N) is 3. The minimum absolute atomic E-state index is 0.00409. The molecule has 3 aromatic rings. The number of likely N-dealkylation sites (N-methyl/N-ethyl adjacent to an activating group) is 1. The highest BCUT2D eigenvalue weighted by atomic mass is 16.3. The summed E-state index contributed by atoms with van der Waals surface area (Å²) >= 11 is 0. The molecule has 0 bridgehead atoms. The summed E-state index contributed by atoms with van der Waals surface area (Å²) in [5, 5.41) is 5.81. The highest BCUT2D eigenvalue weighted by Crippen LogP contribution is 2.17. The van der Waals surface area contributed by atoms with Gasteiger partial charge in [0.05, 0.1) is 23.3 Å². The number of carbonyl (C=O) groups excluding carboxylic acids is 1. The molecular formula is C19H25N5O2. The molecular weight excluding hydrogens is 330 g/mol. The van der Waals surface area contributed by atoms with Gasteiger partial charge in [-0.2, -0.15) is 0 Å². The Balaban J connectivity index is 1.50. The molecule has 7 nitrogen and oxygen atoms in total. The van der Waals surface area contributed by atoms with E-state index in [1.807, 2.05) is 62.3 Å². The largest absolute Gasteiger partial charge is 0.468 e. The molecule has 1 atom stereocenters. The minimum Gasteiger partial charge on any atom is -0.468 e. The third-order valence-corrected chi connectivity index (χ3v) is 4.42. The van der Waals surface area contributed by atoms with Gasteiger partial charge in [0.25, 0.3) is 0 Å². The van der Waals surface area contributed by atoms with Gasteiger partial charge in [-0.25, -0.2) is 9.78 Å². The Labute approximate surface area is 153 Å². The van der Waals surface area contributed by atoms with Crippen LogP contribution >= 0.6 is 0 Å². The third kappa shape index (κ3) is 4.05. The smallest absolute Gasteiger partial charge is 0.314 e. The van der Waals surface area contributed by atoms with Crippen LogP contribution in [0, 0.1) is 6.92 Å². The third-order valence-electron chi connectivity index (χ3n) is 4.42. The van der Waals surface area contributed by atoms with E-state index in [0.29, 0.717) is 19.6 Å². The summed E-state index contributed by atoms with van der Waals surface area (Å²) in [5.74, 6) is 1.77. The van der Waals surface area contributed by atoms with Crippen molar-refractivity contribution >= 4 is 17.1 Å². The molecule has 0 aliphatic heterocycles. The molecule has 0 saturated carbocycles. The number of hydrogen-bond donors (Lipinski definition) is 2. The lowest BCUT2D eigenvalue weighted by Gasteiger charge is -2.22. The number of fused-ring (bicyclic) bond motifs is 1. The van der Waals surface area contributed by atoms with Gasteiger partial charge in [-0.05, 0) is 45.3 Å². The first-order chi connectivity index (χ1) is 12.6. The number of nitrogens with one attached hydrogen (secondary N) is 2. The standard InChI is InChI=1S/C19H25N5O2/c1-14-22-15-7-4-5-8-16(15)24(14)11-10-20-19(25)21-13-17(23(2)3)18-9-6-12-26-18/h4-9,12,17H,10-11,13H2,1-3H3,(H2,20,21,25). The number of imidazole rings is 1. The summed E-state index contributed by atoms with van der Waals surface area (Å²) in [6, 6.07) is 11.6. The van der Waals surface area contributed by atoms with Crippen LogP contribution in [-0.2, 0) is 6.54 Å². The molecule has 7 heteroatoms. The van der Waals surface area contributed by atoms with Crippen molar-refractivity contribution in [2.75, 3.05) is 27.2 Å². The van der Waals surface area contributed by atoms with E-state index in [2.05, 4.69) is 20.2 Å². The normalized spacial score (nSPS) is 12.5. The van der Waals surface area contributed by atoms with Crippen LogP contribution in [0.4, 0.5) is 4.79 Å². The average Bonchev–Trinajstić information content (AvgIpc) is 3.23. The van der Waals surface area contributed by atoms with Crippen LogP contribution in [-0.4, -0.2) is 47.7 Å². The van der Waals surface area contributed by atoms with E-state index >= 15 is 0 Å². The number of carbonyl (C=O) groups is 1. The van der Waals surface area contributed by atoms with Gasteiger partial charge in [-0.15, -0.1) is 0 Å². The van der Waals surface area contributed by atoms with Crippen molar-refractivity contribution in [2.24, 2.45) is 0 Å². The van der Waals surface area contributed by atoms with Gasteiger partial charge < -0.3 is 19.6 Å². The van der Waals surface area contributed by atoms with E-state index in [1.54, 1.807) is 6.26 Å². The molecule has 26 heavy (non-hydrogen) atoms. The van der Waals surface area contributed by atoms with Crippen LogP contribution in [0.1, 0.15) is 17.6 Å². The number of hydrogen-bond acceptors (Lipinski definition) is 4. The molecule has 3 rings (SSSR count). The van der Waals surface area contributed by atoms with E-state index in [9.17, 15) is 4.79 Å². The predicted molar refractivity (Wildman–Crippen MR) is 101 cm³/mol. The fourth-order valence-corrected chi connectivity index (χ4v) is 3.03. The monoisotopic (exact) mass is 355 g/mol. The van der Waals surface area contributed by atoms with Gasteiger partial charge in [0, 0.05) is 19.6 Å². The highest BCUT2D eigenvalue weighted by Gasteiger charge is 2.17. The fourth-order valence-electron chi connectivity index (χ4n) is 3.03. The van der Waals surface area contributed by atoms with Crippen LogP contribution in [0.5, 0.6) is 0 Å². The van der Waals surface area contributed by atoms with E-state index in [-0.39, 0.29) is 12.1 Å². The molecule has 1 aromatic carbocycles. The lowest BCUT2D eigenvalue weighted by molar-refractivity contribution is 0.225. The molecule has 0 saturated heterocycles. The highest BCUT2D eigenvalue weighted by molar-refractivity contribution is 5.76. The summed E-state index contributed by atoms with van der Waals surface area (Å²) in [4.78, 5) is 18.7. The van der Waals surface area contributed by atoms with E-state index in [0.717, 1.165) is 22.6 Å². The van der Waals surface area contributed by atoms with Gasteiger partial charge in [0.15, 0.2) is 0 Å². The Kier molecular flexibility index (Phi) is 5.58. The van der Waals surface area contributed by atoms with Gasteiger partial charge in [-0.3, -0.25) is 4.90 Å². The minimum atomic E-state index is -0.189. The van der Waals surface area contributed by atoms with Crippen LogP contribution in [0.15, 0.2) is 47.1 Å². The maximum absolute atomic E-state index is 12.1. The van der Waals surface area contributed by atoms with E-state index in [1.165, 1.54) is 0 Å². The molecule has 0 fully saturated rings. The predicted octanol–water partition coefficient (Wildman–Crippen LogP) is 2.54. The zero-order chi connectivity index (χ0) is 18.5. The molecule has 138 valence electrons. The van der Waals surface area contributed by atoms with Crippen LogP contribution < -0.4 is 10.6 Å². The molecule has 0 radical (unpaired) electrons. The molecule has 2 aromatic heterocycles. The van der Waals surface area contributed by atoms with Crippen molar-refractivity contribution in [1.82, 2.24) is 25.1 Å². The van der Waals surface area contributed by atoms with Crippen molar-refractivity contribution in [1.29, 1.82) is 0 Å². The summed E-state index contributed by atoms with van der Waals surface area (Å²) in [7, 11) is 3.92. The Hall–Kier alpha value is -2.80. The number of rotatable bonds is 7. The Morgan fingerprint density at radius 1 is 1.23 bits per heavy atom. The number of aryl methyl sites for hydroxylation is 1. The van der Waals surface area contributed by atoms with Crippen LogP contribution in [0.2, 0.25) is 0 Å². The second-order valence-corrected chi connectivity index (χ2v) is 6.43. The van der Waals surface area contributed by atoms with Crippen LogP contribution in [0.25, 0.3) is 11.0 Å². The SMILES string of the molecule is Cc1nc2ccccc2n1CCNC(=O)NCC(c1ccco1)N(C)C. The maximum Gasteiger partial charge on any atom is 0.314 e. The Bertz CT molecular complexity index is 854. The number of amides is 2. The zero-order valence-corrected chi connectivity index (χ0v) is 15.4. The number of furan rings is 1. The Morgan fingerprint density at radius 3 is 2.77 bits per heavy atom. The average molecular weight is 355 g/mol. The lowest BCUT2D eigenvalue weighted by atomic mass is 10.2. The summed E-state index contributed by atoms with van der Waals surface area (Å²) in [6.45, 7) is 3.65. The summed E-state index contributed by atoms with van der Waals surface area (Å²) in [6.07, 6.45) is 1.64. The van der Waals surface area contributed by atoms with Gasteiger partial charge >= 0.3 is 6.03 Å². The van der Waals surface area contributed by atoms with Gasteiger partial charge in [-0.1, -0.05) is 12.1 Å². The second-order valence-electron chi connectivity index (χ2n) is 6.43. The second kappa shape index (κ2) is 8.05. The number of aromatic nitrogens is 2. The van der Waals surface area contributed by atoms with Crippen molar-refractivity contribution in [3.8, 4) is 0 Å². The molecule has 0 aliphatic rings. The first-order valence-corrected chi connectivity index (χ1v) is 8.69. The van der Waals surface area contributed by atoms with Gasteiger partial charge in [0.1, 0.15) is 11.6 Å². The summed E-state index contributed by atoms with van der Waals surface area (Å²) < 4.78 is 7.56.